The zero-order valence-corrected chi connectivity index (χ0v) is 14.2. The van der Waals surface area contributed by atoms with Crippen molar-refractivity contribution in [3.63, 3.8) is 0 Å². The number of carbonyl (C=O) groups is 2. The van der Waals surface area contributed by atoms with E-state index in [0.29, 0.717) is 0 Å². The Balaban J connectivity index is 0.00000180. The monoisotopic (exact) mass is 300 g/mol. The number of hydrogen-bond acceptors (Lipinski definition) is 5. The molecule has 92 valence electrons. The average molecular weight is 300 g/mol. The summed E-state index contributed by atoms with van der Waals surface area (Å²) in [6, 6.07) is 7.81. The van der Waals surface area contributed by atoms with Gasteiger partial charge in [-0.25, -0.2) is 5.43 Å². The normalized spacial score (nSPS) is 10.3. The van der Waals surface area contributed by atoms with E-state index in [-0.39, 0.29) is 51.4 Å². The summed E-state index contributed by atoms with van der Waals surface area (Å²) < 4.78 is 1.13. The van der Waals surface area contributed by atoms with E-state index in [0.717, 1.165) is 15.6 Å². The number of carboxylic acids is 1. The molecule has 0 spiro atoms. The third-order valence-corrected chi connectivity index (χ3v) is 3.19. The van der Waals surface area contributed by atoms with Crippen LogP contribution in [0, 0.1) is 0 Å². The van der Waals surface area contributed by atoms with Crippen LogP contribution in [0.15, 0.2) is 34.7 Å². The summed E-state index contributed by atoms with van der Waals surface area (Å²) in [5.74, 6) is -2.13. The molecular weight excluding hydrogens is 291 g/mol. The molecule has 0 aliphatic carbocycles. The molecule has 1 amide bonds. The molecule has 19 heavy (non-hydrogen) atoms. The molecule has 1 heterocycles. The first kappa shape index (κ1) is 16.5. The minimum Gasteiger partial charge on any atom is -0.550 e. The summed E-state index contributed by atoms with van der Waals surface area (Å²) >= 11 is 1.58. The molecule has 5 nitrogen and oxygen atoms in total. The summed E-state index contributed by atoms with van der Waals surface area (Å²) in [5.41, 5.74) is 3.01. The first-order chi connectivity index (χ1) is 8.66. The van der Waals surface area contributed by atoms with Crippen molar-refractivity contribution in [1.82, 2.24) is 5.43 Å². The van der Waals surface area contributed by atoms with Gasteiger partial charge >= 0.3 is 51.4 Å². The molecule has 0 atom stereocenters. The van der Waals surface area contributed by atoms with E-state index < -0.39 is 18.3 Å². The minimum absolute atomic E-state index is 0. The number of thiophene rings is 1. The number of fused-ring (bicyclic) bond motifs is 1. The Morgan fingerprint density at radius 3 is 2.84 bits per heavy atom. The smallest absolute Gasteiger partial charge is 0.550 e. The molecule has 2 rings (SSSR count). The van der Waals surface area contributed by atoms with Gasteiger partial charge < -0.3 is 9.90 Å². The van der Waals surface area contributed by atoms with Gasteiger partial charge in [-0.15, -0.1) is 11.3 Å². The second-order valence-electron chi connectivity index (χ2n) is 3.53. The van der Waals surface area contributed by atoms with Crippen molar-refractivity contribution >= 4 is 39.5 Å². The van der Waals surface area contributed by atoms with Gasteiger partial charge in [0.1, 0.15) is 0 Å². The number of hydrazone groups is 1. The van der Waals surface area contributed by atoms with Gasteiger partial charge in [-0.05, 0) is 6.07 Å². The average Bonchev–Trinajstić information content (AvgIpc) is 2.72. The maximum atomic E-state index is 11.0. The molecule has 0 radical (unpaired) electrons. The molecule has 1 N–H and O–H groups in total. The molecule has 0 aliphatic heterocycles. The minimum atomic E-state index is -1.43. The second kappa shape index (κ2) is 7.88. The molecule has 1 aromatic heterocycles. The molecule has 0 saturated carbocycles. The fraction of sp³-hybridized carbons (Fsp3) is 0.0833. The van der Waals surface area contributed by atoms with E-state index >= 15 is 0 Å². The van der Waals surface area contributed by atoms with Gasteiger partial charge in [0.05, 0.1) is 18.6 Å². The summed E-state index contributed by atoms with van der Waals surface area (Å²) in [7, 11) is 0. The van der Waals surface area contributed by atoms with E-state index in [1.165, 1.54) is 6.21 Å². The van der Waals surface area contributed by atoms with Gasteiger partial charge in [0, 0.05) is 21.0 Å². The Kier molecular flexibility index (Phi) is 6.84. The van der Waals surface area contributed by atoms with Crippen molar-refractivity contribution in [2.45, 2.75) is 6.42 Å². The number of carboxylic acid groups (broad SMARTS) is 1. The Morgan fingerprint density at radius 2 is 2.11 bits per heavy atom. The fourth-order valence-corrected chi connectivity index (χ4v) is 2.35. The summed E-state index contributed by atoms with van der Waals surface area (Å²) in [4.78, 5) is 21.2. The van der Waals surface area contributed by atoms with Gasteiger partial charge in [-0.1, -0.05) is 18.2 Å². The zero-order valence-electron chi connectivity index (χ0n) is 10.3. The van der Waals surface area contributed by atoms with Crippen LogP contribution in [-0.4, -0.2) is 18.1 Å². The second-order valence-corrected chi connectivity index (χ2v) is 4.44. The molecule has 2 aromatic rings. The van der Waals surface area contributed by atoms with Gasteiger partial charge in [0.2, 0.25) is 5.91 Å². The van der Waals surface area contributed by atoms with E-state index in [9.17, 15) is 14.7 Å². The van der Waals surface area contributed by atoms with Crippen LogP contribution in [0.2, 0.25) is 0 Å². The number of aliphatic carboxylic acids is 1. The van der Waals surface area contributed by atoms with Crippen LogP contribution in [0.1, 0.15) is 12.0 Å². The number of rotatable bonds is 4. The van der Waals surface area contributed by atoms with E-state index in [1.54, 1.807) is 11.3 Å². The van der Waals surface area contributed by atoms with Crippen molar-refractivity contribution in [2.24, 2.45) is 5.10 Å². The van der Waals surface area contributed by atoms with Crippen molar-refractivity contribution < 1.29 is 66.1 Å². The van der Waals surface area contributed by atoms with Crippen LogP contribution >= 0.6 is 11.3 Å². The van der Waals surface area contributed by atoms with E-state index in [4.69, 9.17) is 0 Å². The van der Waals surface area contributed by atoms with Gasteiger partial charge in [-0.3, -0.25) is 4.79 Å². The standard InChI is InChI=1S/C12H10N2O3S.K/c15-11(5-12(16)17)14-13-6-8-7-18-10-4-2-1-3-9(8)10;/h1-4,6-7H,5H2,(H,14,15)(H,16,17);/q;+1/p-1/b13-6+;. The van der Waals surface area contributed by atoms with Crippen molar-refractivity contribution in [3.8, 4) is 0 Å². The number of nitrogens with zero attached hydrogens (tertiary/aromatic N) is 1. The Labute approximate surface area is 156 Å². The summed E-state index contributed by atoms with van der Waals surface area (Å²) in [6.07, 6.45) is 0.799. The Hall–Kier alpha value is -0.574. The summed E-state index contributed by atoms with van der Waals surface area (Å²) in [5, 5.41) is 16.8. The number of carbonyl (C=O) groups excluding carboxylic acids is 2. The third-order valence-electron chi connectivity index (χ3n) is 2.21. The largest absolute Gasteiger partial charge is 1.00 e. The molecule has 0 saturated heterocycles. The molecular formula is C12H9KN2O3S. The molecule has 7 heteroatoms. The van der Waals surface area contributed by atoms with E-state index in [2.05, 4.69) is 10.5 Å². The van der Waals surface area contributed by atoms with Crippen LogP contribution in [0.25, 0.3) is 10.1 Å². The fourth-order valence-electron chi connectivity index (χ4n) is 1.44. The van der Waals surface area contributed by atoms with Crippen LogP contribution in [0.5, 0.6) is 0 Å². The van der Waals surface area contributed by atoms with Crippen LogP contribution in [0.4, 0.5) is 0 Å². The summed E-state index contributed by atoms with van der Waals surface area (Å²) in [6.45, 7) is 0. The molecule has 0 aliphatic rings. The number of benzene rings is 1. The quantitative estimate of drug-likeness (QED) is 0.293. The zero-order chi connectivity index (χ0) is 13.0. The molecule has 1 aromatic carbocycles. The first-order valence-electron chi connectivity index (χ1n) is 5.15. The SMILES string of the molecule is O=C([O-])CC(=O)N/N=C/c1csc2ccccc12.[K+]. The van der Waals surface area contributed by atoms with Crippen molar-refractivity contribution in [1.29, 1.82) is 0 Å². The predicted octanol–water partition coefficient (Wildman–Crippen LogP) is -2.50. The first-order valence-corrected chi connectivity index (χ1v) is 6.03. The van der Waals surface area contributed by atoms with Crippen molar-refractivity contribution in [3.05, 3.63) is 35.2 Å². The number of amides is 1. The number of hydrogen-bond donors (Lipinski definition) is 1. The van der Waals surface area contributed by atoms with Crippen molar-refractivity contribution in [2.75, 3.05) is 0 Å². The maximum Gasteiger partial charge on any atom is 1.00 e. The van der Waals surface area contributed by atoms with Gasteiger partial charge in [0.15, 0.2) is 0 Å². The van der Waals surface area contributed by atoms with Gasteiger partial charge in [0.25, 0.3) is 0 Å². The van der Waals surface area contributed by atoms with Crippen LogP contribution in [0.3, 0.4) is 0 Å². The predicted molar refractivity (Wildman–Crippen MR) is 67.2 cm³/mol. The van der Waals surface area contributed by atoms with Crippen LogP contribution in [-0.2, 0) is 9.59 Å². The van der Waals surface area contributed by atoms with E-state index in [1.807, 2.05) is 29.6 Å². The third kappa shape index (κ3) is 4.79. The molecule has 0 fully saturated rings. The molecule has 0 bridgehead atoms. The number of nitrogens with one attached hydrogen (secondary N) is 1. The van der Waals surface area contributed by atoms with Gasteiger partial charge in [-0.2, -0.15) is 5.10 Å². The Morgan fingerprint density at radius 1 is 1.37 bits per heavy atom. The Bertz CT molecular complexity index is 624. The molecule has 0 unspecified atom stereocenters. The maximum absolute atomic E-state index is 11.0. The topological polar surface area (TPSA) is 81.6 Å². The van der Waals surface area contributed by atoms with Crippen LogP contribution < -0.4 is 61.9 Å².